The van der Waals surface area contributed by atoms with Crippen molar-refractivity contribution < 1.29 is 4.39 Å². The SMILES string of the molecule is NC12CCC(c3ccc(F)cc3)(CC1)CC2. The number of benzene rings is 1. The third kappa shape index (κ3) is 1.47. The molecule has 0 spiro atoms. The molecule has 3 aliphatic rings. The summed E-state index contributed by atoms with van der Waals surface area (Å²) in [4.78, 5) is 0. The molecule has 1 aromatic carbocycles. The quantitative estimate of drug-likeness (QED) is 0.771. The average Bonchev–Trinajstić information content (AvgIpc) is 2.31. The van der Waals surface area contributed by atoms with Gasteiger partial charge in [-0.05, 0) is 61.6 Å². The second-order valence-corrected chi connectivity index (χ2v) is 5.65. The van der Waals surface area contributed by atoms with Gasteiger partial charge in [0.05, 0.1) is 0 Å². The van der Waals surface area contributed by atoms with Gasteiger partial charge < -0.3 is 5.73 Å². The Morgan fingerprint density at radius 2 is 1.38 bits per heavy atom. The fourth-order valence-corrected chi connectivity index (χ4v) is 3.45. The van der Waals surface area contributed by atoms with Gasteiger partial charge in [-0.2, -0.15) is 0 Å². The molecule has 0 atom stereocenters. The van der Waals surface area contributed by atoms with Crippen molar-refractivity contribution in [2.24, 2.45) is 5.73 Å². The molecule has 3 aliphatic carbocycles. The highest BCUT2D eigenvalue weighted by Crippen LogP contribution is 2.52. The molecule has 0 aliphatic heterocycles. The molecule has 4 rings (SSSR count). The number of halogens is 1. The predicted molar refractivity (Wildman–Crippen MR) is 62.7 cm³/mol. The number of hydrogen-bond acceptors (Lipinski definition) is 1. The zero-order valence-electron chi connectivity index (χ0n) is 9.51. The van der Waals surface area contributed by atoms with Crippen molar-refractivity contribution in [2.45, 2.75) is 49.5 Å². The van der Waals surface area contributed by atoms with E-state index in [9.17, 15) is 4.39 Å². The number of hydrogen-bond donors (Lipinski definition) is 1. The van der Waals surface area contributed by atoms with Gasteiger partial charge in [0.15, 0.2) is 0 Å². The van der Waals surface area contributed by atoms with E-state index < -0.39 is 0 Å². The van der Waals surface area contributed by atoms with Gasteiger partial charge in [0, 0.05) is 5.54 Å². The summed E-state index contributed by atoms with van der Waals surface area (Å²) in [5, 5.41) is 0. The third-order valence-corrected chi connectivity index (χ3v) is 4.76. The molecule has 2 heteroatoms. The Kier molecular flexibility index (Phi) is 2.12. The van der Waals surface area contributed by atoms with Crippen molar-refractivity contribution in [3.05, 3.63) is 35.6 Å². The molecule has 0 unspecified atom stereocenters. The van der Waals surface area contributed by atoms with E-state index in [1.54, 1.807) is 12.1 Å². The smallest absolute Gasteiger partial charge is 0.123 e. The van der Waals surface area contributed by atoms with Crippen LogP contribution < -0.4 is 5.73 Å². The van der Waals surface area contributed by atoms with Crippen LogP contribution in [0.3, 0.4) is 0 Å². The summed E-state index contributed by atoms with van der Waals surface area (Å²) in [6.07, 6.45) is 6.92. The fraction of sp³-hybridized carbons (Fsp3) is 0.571. The van der Waals surface area contributed by atoms with E-state index in [2.05, 4.69) is 0 Å². The molecule has 86 valence electrons. The first-order chi connectivity index (χ1) is 7.62. The van der Waals surface area contributed by atoms with Gasteiger partial charge in [-0.15, -0.1) is 0 Å². The highest BCUT2D eigenvalue weighted by Gasteiger charge is 2.47. The lowest BCUT2D eigenvalue weighted by atomic mass is 9.55. The number of nitrogens with two attached hydrogens (primary N) is 1. The Labute approximate surface area is 95.8 Å². The van der Waals surface area contributed by atoms with Crippen LogP contribution in [0.1, 0.15) is 44.1 Å². The minimum Gasteiger partial charge on any atom is -0.325 e. The third-order valence-electron chi connectivity index (χ3n) is 4.76. The Hall–Kier alpha value is -0.890. The van der Waals surface area contributed by atoms with E-state index in [0.29, 0.717) is 5.41 Å². The molecule has 1 aromatic rings. The van der Waals surface area contributed by atoms with Crippen molar-refractivity contribution in [2.75, 3.05) is 0 Å². The zero-order valence-corrected chi connectivity index (χ0v) is 9.51. The van der Waals surface area contributed by atoms with Gasteiger partial charge in [-0.3, -0.25) is 0 Å². The summed E-state index contributed by atoms with van der Waals surface area (Å²) < 4.78 is 12.9. The Bertz CT molecular complexity index is 371. The normalized spacial score (nSPS) is 37.6. The van der Waals surface area contributed by atoms with Crippen LogP contribution in [0.4, 0.5) is 4.39 Å². The van der Waals surface area contributed by atoms with Crippen molar-refractivity contribution >= 4 is 0 Å². The van der Waals surface area contributed by atoms with Crippen LogP contribution in [0.2, 0.25) is 0 Å². The van der Waals surface area contributed by atoms with Crippen LogP contribution in [-0.4, -0.2) is 5.54 Å². The van der Waals surface area contributed by atoms with Gasteiger partial charge in [0.25, 0.3) is 0 Å². The second-order valence-electron chi connectivity index (χ2n) is 5.65. The minimum atomic E-state index is -0.139. The summed E-state index contributed by atoms with van der Waals surface area (Å²) in [5.41, 5.74) is 8.03. The van der Waals surface area contributed by atoms with Crippen LogP contribution in [0.5, 0.6) is 0 Å². The van der Waals surface area contributed by atoms with Gasteiger partial charge in [0.2, 0.25) is 0 Å². The molecule has 0 amide bonds. The maximum atomic E-state index is 12.9. The van der Waals surface area contributed by atoms with Crippen molar-refractivity contribution in [1.82, 2.24) is 0 Å². The molecule has 0 radical (unpaired) electrons. The average molecular weight is 219 g/mol. The maximum absolute atomic E-state index is 12.9. The van der Waals surface area contributed by atoms with E-state index >= 15 is 0 Å². The lowest BCUT2D eigenvalue weighted by Gasteiger charge is -2.52. The topological polar surface area (TPSA) is 26.0 Å². The summed E-state index contributed by atoms with van der Waals surface area (Å²) in [5.74, 6) is -0.139. The minimum absolute atomic E-state index is 0.113. The van der Waals surface area contributed by atoms with E-state index in [4.69, 9.17) is 5.73 Å². The molecule has 16 heavy (non-hydrogen) atoms. The van der Waals surface area contributed by atoms with E-state index in [1.165, 1.54) is 24.8 Å². The molecule has 2 N–H and O–H groups in total. The Balaban J connectivity index is 1.92. The molecular formula is C14H18FN. The first-order valence-electron chi connectivity index (χ1n) is 6.17. The molecule has 3 saturated carbocycles. The number of rotatable bonds is 1. The molecule has 0 heterocycles. The summed E-state index contributed by atoms with van der Waals surface area (Å²) >= 11 is 0. The van der Waals surface area contributed by atoms with Gasteiger partial charge in [0.1, 0.15) is 5.82 Å². The Morgan fingerprint density at radius 1 is 0.875 bits per heavy atom. The summed E-state index contributed by atoms with van der Waals surface area (Å²) in [7, 11) is 0. The largest absolute Gasteiger partial charge is 0.325 e. The van der Waals surface area contributed by atoms with Gasteiger partial charge in [-0.25, -0.2) is 4.39 Å². The van der Waals surface area contributed by atoms with Crippen LogP contribution >= 0.6 is 0 Å². The molecule has 2 bridgehead atoms. The van der Waals surface area contributed by atoms with Crippen LogP contribution in [0.25, 0.3) is 0 Å². The molecule has 0 saturated heterocycles. The first-order valence-corrected chi connectivity index (χ1v) is 6.17. The molecule has 1 nitrogen and oxygen atoms in total. The Morgan fingerprint density at radius 3 is 1.88 bits per heavy atom. The van der Waals surface area contributed by atoms with Gasteiger partial charge >= 0.3 is 0 Å². The zero-order chi connectivity index (χ0) is 11.2. The molecule has 3 fully saturated rings. The molecule has 0 aromatic heterocycles. The van der Waals surface area contributed by atoms with E-state index in [1.807, 2.05) is 12.1 Å². The second kappa shape index (κ2) is 3.30. The lowest BCUT2D eigenvalue weighted by Crippen LogP contribution is -2.53. The van der Waals surface area contributed by atoms with Crippen LogP contribution in [-0.2, 0) is 5.41 Å². The van der Waals surface area contributed by atoms with Crippen molar-refractivity contribution in [3.63, 3.8) is 0 Å². The van der Waals surface area contributed by atoms with Crippen LogP contribution in [0, 0.1) is 5.82 Å². The maximum Gasteiger partial charge on any atom is 0.123 e. The predicted octanol–water partition coefficient (Wildman–Crippen LogP) is 3.13. The van der Waals surface area contributed by atoms with Gasteiger partial charge in [-0.1, -0.05) is 12.1 Å². The van der Waals surface area contributed by atoms with Crippen molar-refractivity contribution in [3.8, 4) is 0 Å². The number of fused-ring (bicyclic) bond motifs is 3. The van der Waals surface area contributed by atoms with Crippen LogP contribution in [0.15, 0.2) is 24.3 Å². The fourth-order valence-electron chi connectivity index (χ4n) is 3.45. The first kappa shape index (κ1) is 10.3. The monoisotopic (exact) mass is 219 g/mol. The lowest BCUT2D eigenvalue weighted by molar-refractivity contribution is 0.107. The summed E-state index contributed by atoms with van der Waals surface area (Å²) in [6, 6.07) is 7.10. The standard InChI is InChI=1S/C14H18FN/c15-12-3-1-11(2-4-12)13-5-8-14(16,9-6-13)10-7-13/h1-4H,5-10,16H2. The van der Waals surface area contributed by atoms with E-state index in [0.717, 1.165) is 19.3 Å². The summed E-state index contributed by atoms with van der Waals surface area (Å²) in [6.45, 7) is 0. The van der Waals surface area contributed by atoms with E-state index in [-0.39, 0.29) is 11.4 Å². The molecular weight excluding hydrogens is 201 g/mol. The van der Waals surface area contributed by atoms with Crippen molar-refractivity contribution in [1.29, 1.82) is 0 Å². The highest BCUT2D eigenvalue weighted by molar-refractivity contribution is 5.29. The highest BCUT2D eigenvalue weighted by atomic mass is 19.1.